The van der Waals surface area contributed by atoms with Gasteiger partial charge in [0.1, 0.15) is 11.5 Å². The van der Waals surface area contributed by atoms with E-state index in [1.165, 1.54) is 0 Å². The van der Waals surface area contributed by atoms with E-state index in [1.807, 2.05) is 49.4 Å². The summed E-state index contributed by atoms with van der Waals surface area (Å²) >= 11 is 0. The fourth-order valence-corrected chi connectivity index (χ4v) is 2.91. The topological polar surface area (TPSA) is 67.9 Å². The molecule has 0 aliphatic carbocycles. The van der Waals surface area contributed by atoms with Gasteiger partial charge in [-0.15, -0.1) is 0 Å². The third kappa shape index (κ3) is 5.74. The first-order chi connectivity index (χ1) is 13.1. The largest absolute Gasteiger partial charge is 0.484 e. The van der Waals surface area contributed by atoms with E-state index in [1.54, 1.807) is 17.0 Å². The standard InChI is InChI=1S/C21H24N2O4/c1-16-7-9-18(10-8-16)26-15-20(24)22-17-11-13-23(14-12-17)21(25)27-19-5-3-2-4-6-19/h2-10,17H,11-15H2,1H3,(H,22,24). The lowest BCUT2D eigenvalue weighted by Gasteiger charge is -2.31. The number of hydrogen-bond donors (Lipinski definition) is 1. The van der Waals surface area contributed by atoms with E-state index in [-0.39, 0.29) is 24.6 Å². The molecule has 0 atom stereocenters. The second-order valence-electron chi connectivity index (χ2n) is 6.61. The zero-order chi connectivity index (χ0) is 19.1. The maximum atomic E-state index is 12.2. The lowest BCUT2D eigenvalue weighted by Crippen LogP contribution is -2.48. The zero-order valence-electron chi connectivity index (χ0n) is 15.4. The molecule has 6 nitrogen and oxygen atoms in total. The predicted octanol–water partition coefficient (Wildman–Crippen LogP) is 3.15. The Balaban J connectivity index is 1.38. The van der Waals surface area contributed by atoms with Crippen LogP contribution >= 0.6 is 0 Å². The van der Waals surface area contributed by atoms with Gasteiger partial charge in [-0.3, -0.25) is 4.79 Å². The van der Waals surface area contributed by atoms with Crippen LogP contribution in [0.15, 0.2) is 54.6 Å². The number of ether oxygens (including phenoxy) is 2. The molecule has 27 heavy (non-hydrogen) atoms. The highest BCUT2D eigenvalue weighted by Gasteiger charge is 2.25. The maximum absolute atomic E-state index is 12.2. The number of hydrogen-bond acceptors (Lipinski definition) is 4. The second-order valence-corrected chi connectivity index (χ2v) is 6.61. The molecule has 0 radical (unpaired) electrons. The lowest BCUT2D eigenvalue weighted by molar-refractivity contribution is -0.124. The number of para-hydroxylation sites is 1. The number of amides is 2. The number of carbonyl (C=O) groups is 2. The molecule has 1 N–H and O–H groups in total. The molecule has 6 heteroatoms. The van der Waals surface area contributed by atoms with Gasteiger partial charge in [-0.05, 0) is 44.0 Å². The summed E-state index contributed by atoms with van der Waals surface area (Å²) in [6.45, 7) is 3.09. The van der Waals surface area contributed by atoms with Crippen molar-refractivity contribution in [3.05, 3.63) is 60.2 Å². The van der Waals surface area contributed by atoms with Crippen LogP contribution in [0, 0.1) is 6.92 Å². The summed E-state index contributed by atoms with van der Waals surface area (Å²) in [5.41, 5.74) is 1.14. The fourth-order valence-electron chi connectivity index (χ4n) is 2.91. The van der Waals surface area contributed by atoms with Crippen LogP contribution in [0.1, 0.15) is 18.4 Å². The molecule has 1 aliphatic heterocycles. The SMILES string of the molecule is Cc1ccc(OCC(=O)NC2CCN(C(=O)Oc3ccccc3)CC2)cc1. The van der Waals surface area contributed by atoms with Crippen LogP contribution in [-0.4, -0.2) is 42.6 Å². The molecule has 2 aromatic carbocycles. The van der Waals surface area contributed by atoms with Crippen molar-refractivity contribution >= 4 is 12.0 Å². The summed E-state index contributed by atoms with van der Waals surface area (Å²) in [6.07, 6.45) is 1.04. The number of nitrogens with one attached hydrogen (secondary N) is 1. The van der Waals surface area contributed by atoms with Gasteiger partial charge < -0.3 is 19.7 Å². The van der Waals surface area contributed by atoms with Crippen LogP contribution in [0.4, 0.5) is 4.79 Å². The van der Waals surface area contributed by atoms with Gasteiger partial charge in [-0.25, -0.2) is 4.79 Å². The third-order valence-corrected chi connectivity index (χ3v) is 4.46. The molecule has 0 aromatic heterocycles. The number of likely N-dealkylation sites (tertiary alicyclic amines) is 1. The van der Waals surface area contributed by atoms with Gasteiger partial charge >= 0.3 is 6.09 Å². The van der Waals surface area contributed by atoms with Gasteiger partial charge in [-0.2, -0.15) is 0 Å². The van der Waals surface area contributed by atoms with E-state index in [2.05, 4.69) is 5.32 Å². The van der Waals surface area contributed by atoms with Crippen LogP contribution < -0.4 is 14.8 Å². The van der Waals surface area contributed by atoms with Gasteiger partial charge in [0.05, 0.1) is 0 Å². The second kappa shape index (κ2) is 9.07. The smallest absolute Gasteiger partial charge is 0.415 e. The summed E-state index contributed by atoms with van der Waals surface area (Å²) in [5, 5.41) is 2.97. The first-order valence-corrected chi connectivity index (χ1v) is 9.11. The van der Waals surface area contributed by atoms with Crippen molar-refractivity contribution in [3.8, 4) is 11.5 Å². The number of nitrogens with zero attached hydrogens (tertiary/aromatic N) is 1. The Morgan fingerprint density at radius 2 is 1.67 bits per heavy atom. The van der Waals surface area contributed by atoms with Gasteiger partial charge in [0.2, 0.25) is 0 Å². The van der Waals surface area contributed by atoms with E-state index in [0.717, 1.165) is 5.56 Å². The molecular formula is C21H24N2O4. The summed E-state index contributed by atoms with van der Waals surface area (Å²) in [7, 11) is 0. The van der Waals surface area contributed by atoms with Crippen LogP contribution in [-0.2, 0) is 4.79 Å². The summed E-state index contributed by atoms with van der Waals surface area (Å²) in [5.74, 6) is 1.06. The average molecular weight is 368 g/mol. The molecule has 142 valence electrons. The fraction of sp³-hybridized carbons (Fsp3) is 0.333. The molecule has 0 saturated carbocycles. The van der Waals surface area contributed by atoms with Gasteiger partial charge in [0.15, 0.2) is 6.61 Å². The maximum Gasteiger partial charge on any atom is 0.415 e. The monoisotopic (exact) mass is 368 g/mol. The molecule has 3 rings (SSSR count). The van der Waals surface area contributed by atoms with Crippen LogP contribution in [0.5, 0.6) is 11.5 Å². The minimum absolute atomic E-state index is 0.0146. The Kier molecular flexibility index (Phi) is 6.30. The number of rotatable bonds is 5. The normalized spacial score (nSPS) is 14.5. The molecule has 2 amide bonds. The molecule has 1 heterocycles. The van der Waals surface area contributed by atoms with E-state index in [9.17, 15) is 9.59 Å². The first kappa shape index (κ1) is 18.8. The van der Waals surface area contributed by atoms with E-state index in [4.69, 9.17) is 9.47 Å². The predicted molar refractivity (Wildman–Crippen MR) is 102 cm³/mol. The van der Waals surface area contributed by atoms with Crippen molar-refractivity contribution in [1.82, 2.24) is 10.2 Å². The van der Waals surface area contributed by atoms with Crippen LogP contribution in [0.2, 0.25) is 0 Å². The highest BCUT2D eigenvalue weighted by molar-refractivity contribution is 5.78. The molecule has 1 saturated heterocycles. The molecular weight excluding hydrogens is 344 g/mol. The summed E-state index contributed by atoms with van der Waals surface area (Å²) < 4.78 is 10.8. The number of benzene rings is 2. The average Bonchev–Trinajstić information content (AvgIpc) is 2.69. The zero-order valence-corrected chi connectivity index (χ0v) is 15.4. The van der Waals surface area contributed by atoms with Crippen molar-refractivity contribution in [1.29, 1.82) is 0 Å². The van der Waals surface area contributed by atoms with Crippen molar-refractivity contribution < 1.29 is 19.1 Å². The summed E-state index contributed by atoms with van der Waals surface area (Å²) in [6, 6.07) is 16.6. The third-order valence-electron chi connectivity index (χ3n) is 4.46. The van der Waals surface area contributed by atoms with Crippen molar-refractivity contribution in [3.63, 3.8) is 0 Å². The molecule has 2 aromatic rings. The highest BCUT2D eigenvalue weighted by Crippen LogP contribution is 2.15. The Morgan fingerprint density at radius 1 is 1.00 bits per heavy atom. The van der Waals surface area contributed by atoms with Crippen molar-refractivity contribution in [2.45, 2.75) is 25.8 Å². The van der Waals surface area contributed by atoms with Crippen LogP contribution in [0.3, 0.4) is 0 Å². The number of piperidine rings is 1. The van der Waals surface area contributed by atoms with Gasteiger partial charge in [0, 0.05) is 19.1 Å². The van der Waals surface area contributed by atoms with Gasteiger partial charge in [0.25, 0.3) is 5.91 Å². The van der Waals surface area contributed by atoms with E-state index in [0.29, 0.717) is 37.4 Å². The van der Waals surface area contributed by atoms with E-state index < -0.39 is 0 Å². The molecule has 1 aliphatic rings. The minimum atomic E-state index is -0.353. The Hall–Kier alpha value is -3.02. The Morgan fingerprint density at radius 3 is 2.33 bits per heavy atom. The van der Waals surface area contributed by atoms with Gasteiger partial charge in [-0.1, -0.05) is 35.9 Å². The van der Waals surface area contributed by atoms with E-state index >= 15 is 0 Å². The number of carbonyl (C=O) groups excluding carboxylic acids is 2. The molecule has 0 unspecified atom stereocenters. The van der Waals surface area contributed by atoms with Crippen molar-refractivity contribution in [2.75, 3.05) is 19.7 Å². The minimum Gasteiger partial charge on any atom is -0.484 e. The molecule has 1 fully saturated rings. The van der Waals surface area contributed by atoms with Crippen molar-refractivity contribution in [2.24, 2.45) is 0 Å². The first-order valence-electron chi connectivity index (χ1n) is 9.11. The Labute approximate surface area is 159 Å². The summed E-state index contributed by atoms with van der Waals surface area (Å²) in [4.78, 5) is 25.9. The Bertz CT molecular complexity index is 754. The highest BCUT2D eigenvalue weighted by atomic mass is 16.6. The quantitative estimate of drug-likeness (QED) is 0.880. The molecule has 0 bridgehead atoms. The lowest BCUT2D eigenvalue weighted by atomic mass is 10.1. The van der Waals surface area contributed by atoms with Crippen LogP contribution in [0.25, 0.3) is 0 Å². The number of aryl methyl sites for hydroxylation is 1. The molecule has 0 spiro atoms.